The molecule has 0 aromatic rings. The van der Waals surface area contributed by atoms with Crippen LogP contribution >= 0.6 is 0 Å². The third-order valence-electron chi connectivity index (χ3n) is 5.63. The van der Waals surface area contributed by atoms with Gasteiger partial charge in [0.1, 0.15) is 0 Å². The molecule has 0 atom stereocenters. The van der Waals surface area contributed by atoms with Crippen molar-refractivity contribution in [3.8, 4) is 0 Å². The van der Waals surface area contributed by atoms with Crippen molar-refractivity contribution >= 4 is 24.2 Å². The lowest BCUT2D eigenvalue weighted by atomic mass is 10.0. The number of carboxylic acid groups (broad SMARTS) is 1. The van der Waals surface area contributed by atoms with Crippen molar-refractivity contribution in [2.45, 2.75) is 103 Å². The van der Waals surface area contributed by atoms with Gasteiger partial charge < -0.3 is 19.9 Å². The number of carbonyl (C=O) groups excluding carboxylic acids is 3. The van der Waals surface area contributed by atoms with Crippen molar-refractivity contribution in [2.24, 2.45) is 0 Å². The number of hydrogen-bond acceptors (Lipinski definition) is 6. The van der Waals surface area contributed by atoms with Crippen LogP contribution in [0.15, 0.2) is 0 Å². The third-order valence-corrected chi connectivity index (χ3v) is 5.63. The van der Waals surface area contributed by atoms with Gasteiger partial charge >= 0.3 is 6.09 Å². The van der Waals surface area contributed by atoms with E-state index in [0.717, 1.165) is 17.7 Å². The monoisotopic (exact) mass is 499 g/mol. The van der Waals surface area contributed by atoms with Gasteiger partial charge in [0, 0.05) is 25.8 Å². The maximum atomic E-state index is 12.2. The molecule has 35 heavy (non-hydrogen) atoms. The Bertz CT molecular complexity index is 558. The first-order chi connectivity index (χ1) is 17.0. The first kappa shape index (κ1) is 33.0. The van der Waals surface area contributed by atoms with E-state index in [1.165, 1.54) is 57.8 Å². The summed E-state index contributed by atoms with van der Waals surface area (Å²) >= 11 is 0. The molecule has 1 radical (unpaired) electrons. The highest BCUT2D eigenvalue weighted by molar-refractivity contribution is 5.91. The molecule has 0 aliphatic carbocycles. The highest BCUT2D eigenvalue weighted by Gasteiger charge is 2.19. The number of nitrogens with zero attached hydrogens (tertiary/aromatic N) is 1. The number of hydrogen-bond donors (Lipinski definition) is 2. The molecule has 0 heterocycles. The second kappa shape index (κ2) is 25.1. The van der Waals surface area contributed by atoms with Gasteiger partial charge in [-0.2, -0.15) is 0 Å². The normalized spacial score (nSPS) is 10.8. The fourth-order valence-corrected chi connectivity index (χ4v) is 3.57. The minimum atomic E-state index is -1.25. The highest BCUT2D eigenvalue weighted by atomic mass is 16.5. The molecular formula is C26H47N2O7. The molecule has 0 aliphatic heterocycles. The summed E-state index contributed by atoms with van der Waals surface area (Å²) < 4.78 is 10.7. The average molecular weight is 500 g/mol. The van der Waals surface area contributed by atoms with Gasteiger partial charge in [-0.3, -0.25) is 14.4 Å². The molecule has 0 rings (SSSR count). The first-order valence-corrected chi connectivity index (χ1v) is 13.3. The summed E-state index contributed by atoms with van der Waals surface area (Å²) in [6.45, 7) is 3.52. The molecule has 2 N–H and O–H groups in total. The van der Waals surface area contributed by atoms with Crippen molar-refractivity contribution < 1.29 is 33.8 Å². The number of amides is 3. The Kier molecular flexibility index (Phi) is 23.7. The molecule has 0 unspecified atom stereocenters. The first-order valence-electron chi connectivity index (χ1n) is 13.3. The number of carbonyl (C=O) groups is 3. The third kappa shape index (κ3) is 22.2. The summed E-state index contributed by atoms with van der Waals surface area (Å²) in [7, 11) is 0. The van der Waals surface area contributed by atoms with Gasteiger partial charge in [0.25, 0.3) is 0 Å². The van der Waals surface area contributed by atoms with Gasteiger partial charge in [0.05, 0.1) is 33.0 Å². The molecule has 0 fully saturated rings. The van der Waals surface area contributed by atoms with Crippen LogP contribution in [0.1, 0.15) is 103 Å². The number of rotatable bonds is 25. The van der Waals surface area contributed by atoms with Gasteiger partial charge in [-0.05, 0) is 6.42 Å². The summed E-state index contributed by atoms with van der Waals surface area (Å²) in [6, 6.07) is 0. The molecule has 203 valence electrons. The standard InChI is InChI=1S/C26H47N2O7/c1-2-3-4-5-6-7-8-9-10-11-12-13-16-25(31)28(26(32)33)18-21-35-23-22-34-20-17-27-24(30)15-14-19-29/h2-18,20-23H2,1H3,(H,27,30)(H,32,33). The fraction of sp³-hybridized carbons (Fsp3) is 0.846. The Hall–Kier alpha value is -2.00. The molecule has 3 amide bonds. The van der Waals surface area contributed by atoms with E-state index >= 15 is 0 Å². The van der Waals surface area contributed by atoms with E-state index in [1.54, 1.807) is 6.29 Å². The Balaban J connectivity index is 3.65. The number of nitrogens with one attached hydrogen (secondary N) is 1. The maximum absolute atomic E-state index is 12.2. The topological polar surface area (TPSA) is 122 Å². The Morgan fingerprint density at radius 3 is 1.86 bits per heavy atom. The summed E-state index contributed by atoms with van der Waals surface area (Å²) in [6.07, 6.45) is 15.2. The van der Waals surface area contributed by atoms with Gasteiger partial charge in [0.15, 0.2) is 6.29 Å². The molecule has 0 saturated carbocycles. The van der Waals surface area contributed by atoms with Crippen molar-refractivity contribution in [2.75, 3.05) is 39.5 Å². The summed E-state index contributed by atoms with van der Waals surface area (Å²) in [4.78, 5) is 45.8. The quantitative estimate of drug-likeness (QED) is 0.176. The predicted molar refractivity (Wildman–Crippen MR) is 135 cm³/mol. The van der Waals surface area contributed by atoms with Crippen LogP contribution in [0.3, 0.4) is 0 Å². The Labute approximate surface area is 211 Å². The largest absolute Gasteiger partial charge is 0.465 e. The zero-order valence-corrected chi connectivity index (χ0v) is 21.7. The van der Waals surface area contributed by atoms with E-state index in [1.807, 2.05) is 0 Å². The van der Waals surface area contributed by atoms with Crippen molar-refractivity contribution in [1.29, 1.82) is 0 Å². The SMILES string of the molecule is CCCCCCCCCCCCCCC(=O)N(CCOCCOCCNC(=O)CC[C]=O)C(=O)O. The number of unbranched alkanes of at least 4 members (excludes halogenated alkanes) is 11. The molecule has 9 nitrogen and oxygen atoms in total. The zero-order valence-electron chi connectivity index (χ0n) is 21.7. The molecule has 0 aromatic heterocycles. The molecule has 0 bridgehead atoms. The van der Waals surface area contributed by atoms with Crippen LogP contribution in [0.2, 0.25) is 0 Å². The van der Waals surface area contributed by atoms with Crippen LogP contribution in [0.5, 0.6) is 0 Å². The molecular weight excluding hydrogens is 452 g/mol. The van der Waals surface area contributed by atoms with Crippen LogP contribution < -0.4 is 5.32 Å². The predicted octanol–water partition coefficient (Wildman–Crippen LogP) is 4.62. The zero-order chi connectivity index (χ0) is 26.0. The lowest BCUT2D eigenvalue weighted by Crippen LogP contribution is -2.38. The average Bonchev–Trinajstić information content (AvgIpc) is 2.84. The van der Waals surface area contributed by atoms with E-state index in [4.69, 9.17) is 9.47 Å². The van der Waals surface area contributed by atoms with Crippen LogP contribution in [0, 0.1) is 0 Å². The fourth-order valence-electron chi connectivity index (χ4n) is 3.57. The van der Waals surface area contributed by atoms with Gasteiger partial charge in [-0.25, -0.2) is 9.69 Å². The van der Waals surface area contributed by atoms with E-state index in [-0.39, 0.29) is 57.4 Å². The second-order valence-corrected chi connectivity index (χ2v) is 8.69. The second-order valence-electron chi connectivity index (χ2n) is 8.69. The van der Waals surface area contributed by atoms with E-state index in [0.29, 0.717) is 19.6 Å². The summed E-state index contributed by atoms with van der Waals surface area (Å²) in [5.41, 5.74) is 0. The lowest BCUT2D eigenvalue weighted by Gasteiger charge is -2.17. The number of ether oxygens (including phenoxy) is 2. The molecule has 0 aliphatic rings. The van der Waals surface area contributed by atoms with Crippen molar-refractivity contribution in [1.82, 2.24) is 10.2 Å². The van der Waals surface area contributed by atoms with E-state index in [2.05, 4.69) is 12.2 Å². The molecule has 0 spiro atoms. The van der Waals surface area contributed by atoms with Gasteiger partial charge in [-0.15, -0.1) is 0 Å². The minimum absolute atomic E-state index is 0.00374. The van der Waals surface area contributed by atoms with Crippen LogP contribution in [0.25, 0.3) is 0 Å². The molecule has 9 heteroatoms. The Morgan fingerprint density at radius 2 is 1.31 bits per heavy atom. The van der Waals surface area contributed by atoms with E-state index in [9.17, 15) is 24.3 Å². The Morgan fingerprint density at radius 1 is 0.771 bits per heavy atom. The van der Waals surface area contributed by atoms with Gasteiger partial charge in [-0.1, -0.05) is 77.6 Å². The number of imide groups is 1. The summed E-state index contributed by atoms with van der Waals surface area (Å²) in [5, 5.41) is 11.9. The van der Waals surface area contributed by atoms with Crippen LogP contribution in [-0.4, -0.2) is 73.7 Å². The highest BCUT2D eigenvalue weighted by Crippen LogP contribution is 2.13. The van der Waals surface area contributed by atoms with Gasteiger partial charge in [0.2, 0.25) is 11.8 Å². The van der Waals surface area contributed by atoms with Crippen LogP contribution in [-0.2, 0) is 23.9 Å². The minimum Gasteiger partial charge on any atom is -0.465 e. The van der Waals surface area contributed by atoms with Crippen molar-refractivity contribution in [3.63, 3.8) is 0 Å². The van der Waals surface area contributed by atoms with Crippen LogP contribution in [0.4, 0.5) is 4.79 Å². The lowest BCUT2D eigenvalue weighted by molar-refractivity contribution is -0.130. The van der Waals surface area contributed by atoms with E-state index < -0.39 is 6.09 Å². The molecule has 0 aromatic carbocycles. The van der Waals surface area contributed by atoms with Crippen molar-refractivity contribution in [3.05, 3.63) is 0 Å². The maximum Gasteiger partial charge on any atom is 0.414 e. The summed E-state index contributed by atoms with van der Waals surface area (Å²) in [5.74, 6) is -0.609. The molecule has 0 saturated heterocycles. The smallest absolute Gasteiger partial charge is 0.414 e.